The molecule has 29 heavy (non-hydrogen) atoms. The van der Waals surface area contributed by atoms with Crippen molar-refractivity contribution >= 4 is 23.7 Å². The number of aliphatic hydroxyl groups excluding tert-OH is 1. The number of aromatic hydroxyl groups is 1. The Bertz CT molecular complexity index is 1050. The van der Waals surface area contributed by atoms with Crippen molar-refractivity contribution in [2.75, 3.05) is 20.1 Å². The van der Waals surface area contributed by atoms with Crippen LogP contribution in [0.25, 0.3) is 6.05 Å². The fourth-order valence-corrected chi connectivity index (χ4v) is 3.65. The number of ether oxygens (including phenoxy) is 1. The van der Waals surface area contributed by atoms with Crippen LogP contribution in [0.3, 0.4) is 0 Å². The number of rotatable bonds is 5. The lowest BCUT2D eigenvalue weighted by molar-refractivity contribution is 0.132. The summed E-state index contributed by atoms with van der Waals surface area (Å²) in [4.78, 5) is 12.4. The summed E-state index contributed by atoms with van der Waals surface area (Å²) in [6, 6.07) is 8.90. The van der Waals surface area contributed by atoms with E-state index in [9.17, 15) is 15.0 Å². The fourth-order valence-electron chi connectivity index (χ4n) is 3.49. The molecule has 0 radical (unpaired) electrons. The number of phenols is 1. The summed E-state index contributed by atoms with van der Waals surface area (Å²) >= 11 is 5.93. The minimum Gasteiger partial charge on any atom is -0.507 e. The molecule has 1 amide bonds. The van der Waals surface area contributed by atoms with Gasteiger partial charge >= 0.3 is 6.09 Å². The number of nitrogens with zero attached hydrogens (tertiary/aromatic N) is 1. The number of methoxy groups -OCH3 is 1. The largest absolute Gasteiger partial charge is 0.507 e. The van der Waals surface area contributed by atoms with E-state index in [2.05, 4.69) is 0 Å². The number of benzene rings is 2. The first-order valence-electron chi connectivity index (χ1n) is 11.1. The van der Waals surface area contributed by atoms with Gasteiger partial charge < -0.3 is 25.0 Å². The fraction of sp³-hybridized carbons (Fsp3) is 0.318. The number of hydrogen-bond donors (Lipinski definition) is 3. The Morgan fingerprint density at radius 1 is 1.38 bits per heavy atom. The van der Waals surface area contributed by atoms with Crippen LogP contribution in [0.4, 0.5) is 4.79 Å². The van der Waals surface area contributed by atoms with E-state index < -0.39 is 19.2 Å². The number of para-hydroxylation sites is 1. The van der Waals surface area contributed by atoms with Gasteiger partial charge in [0.2, 0.25) is 0 Å². The molecule has 1 fully saturated rings. The van der Waals surface area contributed by atoms with Crippen molar-refractivity contribution in [3.05, 3.63) is 64.2 Å². The lowest BCUT2D eigenvalue weighted by atomic mass is 9.87. The average molecular weight is 422 g/mol. The number of piperidine rings is 1. The van der Waals surface area contributed by atoms with Crippen LogP contribution in [0.5, 0.6) is 11.5 Å². The zero-order valence-corrected chi connectivity index (χ0v) is 16.3. The molecule has 3 rings (SSSR count). The Balaban J connectivity index is 1.86. The predicted octanol–water partition coefficient (Wildman–Crippen LogP) is 4.66. The number of carboxylic acid groups (broad SMARTS) is 1. The SMILES string of the molecule is [2H]/C(=C\C(O)c1cccc(C2CCN(C(=O)O)CC2)c1O)c1ccc(Cl)cc1OC([2H])([2H])[2H]. The molecular formula is C22H24ClNO5. The van der Waals surface area contributed by atoms with Gasteiger partial charge in [-0.2, -0.15) is 0 Å². The van der Waals surface area contributed by atoms with Gasteiger partial charge in [-0.15, -0.1) is 0 Å². The van der Waals surface area contributed by atoms with Crippen LogP contribution >= 0.6 is 11.6 Å². The van der Waals surface area contributed by atoms with Gasteiger partial charge in [-0.1, -0.05) is 41.9 Å². The molecule has 2 aromatic rings. The second-order valence-electron chi connectivity index (χ2n) is 6.83. The third-order valence-electron chi connectivity index (χ3n) is 5.07. The van der Waals surface area contributed by atoms with E-state index in [1.165, 1.54) is 35.2 Å². The molecule has 0 spiro atoms. The topological polar surface area (TPSA) is 90.2 Å². The Labute approximate surface area is 180 Å². The van der Waals surface area contributed by atoms with Gasteiger partial charge in [0.15, 0.2) is 0 Å². The van der Waals surface area contributed by atoms with Gasteiger partial charge in [0, 0.05) is 29.2 Å². The highest BCUT2D eigenvalue weighted by molar-refractivity contribution is 6.30. The monoisotopic (exact) mass is 421 g/mol. The van der Waals surface area contributed by atoms with Gasteiger partial charge in [0.25, 0.3) is 0 Å². The first-order chi connectivity index (χ1) is 15.5. The van der Waals surface area contributed by atoms with Crippen LogP contribution in [0.1, 0.15) is 47.0 Å². The van der Waals surface area contributed by atoms with Crippen molar-refractivity contribution in [1.29, 1.82) is 0 Å². The van der Waals surface area contributed by atoms with E-state index in [4.69, 9.17) is 26.9 Å². The standard InChI is InChI=1S/C22H24ClNO5/c1-29-20-13-16(23)7-5-15(20)6-8-19(25)18-4-2-3-17(21(18)26)14-9-11-24(12-10-14)22(27)28/h2-8,13-14,19,25-26H,9-12H2,1H3,(H,27,28)/b8-6+/i1D3,6D. The Morgan fingerprint density at radius 3 is 2.83 bits per heavy atom. The van der Waals surface area contributed by atoms with Crippen molar-refractivity contribution in [2.45, 2.75) is 24.9 Å². The molecule has 1 atom stereocenters. The van der Waals surface area contributed by atoms with Gasteiger partial charge in [-0.25, -0.2) is 4.79 Å². The van der Waals surface area contributed by atoms with Crippen molar-refractivity contribution in [3.63, 3.8) is 0 Å². The van der Waals surface area contributed by atoms with E-state index in [-0.39, 0.29) is 39.6 Å². The van der Waals surface area contributed by atoms with Gasteiger partial charge in [0.05, 0.1) is 12.5 Å². The number of carbonyl (C=O) groups is 1. The molecule has 154 valence electrons. The van der Waals surface area contributed by atoms with Crippen molar-refractivity contribution < 1.29 is 30.3 Å². The third-order valence-corrected chi connectivity index (χ3v) is 5.31. The molecule has 0 aromatic heterocycles. The number of likely N-dealkylation sites (tertiary alicyclic amines) is 1. The van der Waals surface area contributed by atoms with Gasteiger partial charge in [-0.05, 0) is 42.5 Å². The summed E-state index contributed by atoms with van der Waals surface area (Å²) in [5.74, 6) is -0.306. The van der Waals surface area contributed by atoms with Crippen molar-refractivity contribution in [1.82, 2.24) is 4.90 Å². The summed E-state index contributed by atoms with van der Waals surface area (Å²) in [5.41, 5.74) is 0.908. The van der Waals surface area contributed by atoms with Gasteiger partial charge in [0.1, 0.15) is 17.6 Å². The summed E-state index contributed by atoms with van der Waals surface area (Å²) in [5, 5.41) is 30.9. The van der Waals surface area contributed by atoms with Crippen LogP contribution in [0.15, 0.2) is 42.5 Å². The molecular weight excluding hydrogens is 394 g/mol. The number of hydrogen-bond acceptors (Lipinski definition) is 4. The maximum Gasteiger partial charge on any atom is 0.407 e. The maximum atomic E-state index is 11.1. The molecule has 1 aliphatic heterocycles. The molecule has 1 aliphatic rings. The lowest BCUT2D eigenvalue weighted by Gasteiger charge is -2.31. The third kappa shape index (κ3) is 4.83. The molecule has 3 N–H and O–H groups in total. The number of aliphatic hydroxyl groups is 1. The molecule has 0 bridgehead atoms. The Morgan fingerprint density at radius 2 is 2.14 bits per heavy atom. The first kappa shape index (κ1) is 16.1. The van der Waals surface area contributed by atoms with E-state index in [0.717, 1.165) is 0 Å². The summed E-state index contributed by atoms with van der Waals surface area (Å²) < 4.78 is 35.2. The summed E-state index contributed by atoms with van der Waals surface area (Å²) in [7, 11) is -2.75. The van der Waals surface area contributed by atoms with E-state index in [1.54, 1.807) is 12.1 Å². The predicted molar refractivity (Wildman–Crippen MR) is 112 cm³/mol. The molecule has 1 saturated heterocycles. The van der Waals surface area contributed by atoms with Crippen LogP contribution in [-0.2, 0) is 0 Å². The van der Waals surface area contributed by atoms with Crippen LogP contribution < -0.4 is 4.74 Å². The zero-order valence-electron chi connectivity index (χ0n) is 19.5. The van der Waals surface area contributed by atoms with Crippen LogP contribution in [0, 0.1) is 0 Å². The minimum atomic E-state index is -2.75. The molecule has 7 heteroatoms. The summed E-state index contributed by atoms with van der Waals surface area (Å²) in [6.45, 7) is 0.706. The number of halogens is 1. The second kappa shape index (κ2) is 9.20. The molecule has 2 aromatic carbocycles. The van der Waals surface area contributed by atoms with E-state index >= 15 is 0 Å². The normalized spacial score (nSPS) is 19.0. The first-order valence-corrected chi connectivity index (χ1v) is 9.49. The van der Waals surface area contributed by atoms with Crippen molar-refractivity contribution in [3.8, 4) is 11.5 Å². The minimum absolute atomic E-state index is 0.0669. The van der Waals surface area contributed by atoms with Crippen molar-refractivity contribution in [2.24, 2.45) is 0 Å². The second-order valence-corrected chi connectivity index (χ2v) is 7.26. The Hall–Kier alpha value is -2.70. The average Bonchev–Trinajstić information content (AvgIpc) is 2.72. The van der Waals surface area contributed by atoms with Crippen LogP contribution in [-0.4, -0.2) is 46.4 Å². The quantitative estimate of drug-likeness (QED) is 0.653. The number of phenolic OH excluding ortho intramolecular Hbond substituents is 1. The maximum absolute atomic E-state index is 11.1. The molecule has 0 aliphatic carbocycles. The highest BCUT2D eigenvalue weighted by Crippen LogP contribution is 2.38. The zero-order chi connectivity index (χ0) is 24.3. The van der Waals surface area contributed by atoms with E-state index in [1.807, 2.05) is 0 Å². The molecule has 0 saturated carbocycles. The Kier molecular flexibility index (Phi) is 5.12. The van der Waals surface area contributed by atoms with Crippen LogP contribution in [0.2, 0.25) is 5.02 Å². The highest BCUT2D eigenvalue weighted by Gasteiger charge is 2.26. The van der Waals surface area contributed by atoms with Gasteiger partial charge in [-0.3, -0.25) is 0 Å². The number of amides is 1. The highest BCUT2D eigenvalue weighted by atomic mass is 35.5. The van der Waals surface area contributed by atoms with E-state index in [0.29, 0.717) is 31.5 Å². The smallest absolute Gasteiger partial charge is 0.407 e. The molecule has 1 heterocycles. The summed E-state index contributed by atoms with van der Waals surface area (Å²) in [6.07, 6.45) is -0.0764. The molecule has 1 unspecified atom stereocenters. The molecule has 6 nitrogen and oxygen atoms in total. The lowest BCUT2D eigenvalue weighted by Crippen LogP contribution is -2.36.